The van der Waals surface area contributed by atoms with Crippen molar-refractivity contribution < 1.29 is 4.79 Å². The van der Waals surface area contributed by atoms with E-state index >= 15 is 0 Å². The predicted octanol–water partition coefficient (Wildman–Crippen LogP) is 5.01. The van der Waals surface area contributed by atoms with Gasteiger partial charge in [-0.1, -0.05) is 11.6 Å². The summed E-state index contributed by atoms with van der Waals surface area (Å²) in [5.74, 6) is -0.312. The van der Waals surface area contributed by atoms with Crippen molar-refractivity contribution in [3.05, 3.63) is 55.4 Å². The van der Waals surface area contributed by atoms with Crippen molar-refractivity contribution in [1.82, 2.24) is 0 Å². The monoisotopic (exact) mass is 416 g/mol. The molecule has 0 atom stereocenters. The highest BCUT2D eigenvalue weighted by atomic mass is 79.9. The number of rotatable bonds is 2. The zero-order valence-corrected chi connectivity index (χ0v) is 14.4. The molecule has 0 saturated heterocycles. The summed E-state index contributed by atoms with van der Waals surface area (Å²) >= 11 is 12.9. The molecule has 20 heavy (non-hydrogen) atoms. The van der Waals surface area contributed by atoms with E-state index in [1.165, 1.54) is 0 Å². The lowest BCUT2D eigenvalue weighted by Gasteiger charge is -2.12. The molecular formula is C14H11Br2ClN2O. The zero-order chi connectivity index (χ0) is 14.9. The Hall–Kier alpha value is -1.04. The third-order valence-corrected chi connectivity index (χ3v) is 4.24. The van der Waals surface area contributed by atoms with Crippen LogP contribution in [0.5, 0.6) is 0 Å². The third kappa shape index (κ3) is 3.34. The van der Waals surface area contributed by atoms with Gasteiger partial charge >= 0.3 is 0 Å². The number of hydrogen-bond donors (Lipinski definition) is 2. The van der Waals surface area contributed by atoms with Crippen molar-refractivity contribution in [3.8, 4) is 0 Å². The van der Waals surface area contributed by atoms with Crippen LogP contribution in [-0.2, 0) is 0 Å². The van der Waals surface area contributed by atoms with E-state index < -0.39 is 0 Å². The molecule has 0 fully saturated rings. The molecule has 0 bridgehead atoms. The fraction of sp³-hybridized carbons (Fsp3) is 0.0714. The Kier molecular flexibility index (Phi) is 4.73. The molecule has 0 saturated carbocycles. The highest BCUT2D eigenvalue weighted by Crippen LogP contribution is 2.33. The van der Waals surface area contributed by atoms with Gasteiger partial charge in [-0.2, -0.15) is 0 Å². The average molecular weight is 419 g/mol. The lowest BCUT2D eigenvalue weighted by molar-refractivity contribution is 0.102. The molecular weight excluding hydrogens is 407 g/mol. The summed E-state index contributed by atoms with van der Waals surface area (Å²) < 4.78 is 1.58. The minimum absolute atomic E-state index is 0.312. The Morgan fingerprint density at radius 1 is 1.20 bits per heavy atom. The maximum absolute atomic E-state index is 12.3. The minimum atomic E-state index is -0.312. The average Bonchev–Trinajstić information content (AvgIpc) is 2.36. The Bertz CT molecular complexity index is 666. The van der Waals surface area contributed by atoms with E-state index in [0.717, 1.165) is 14.5 Å². The van der Waals surface area contributed by atoms with Gasteiger partial charge in [-0.15, -0.1) is 0 Å². The third-order valence-electron chi connectivity index (χ3n) is 2.66. The van der Waals surface area contributed by atoms with Crippen LogP contribution in [-0.4, -0.2) is 5.91 Å². The first-order valence-corrected chi connectivity index (χ1v) is 7.67. The summed E-state index contributed by atoms with van der Waals surface area (Å²) in [5.41, 5.74) is 8.23. The molecule has 1 amide bonds. The van der Waals surface area contributed by atoms with E-state index in [0.29, 0.717) is 22.0 Å². The molecule has 2 rings (SSSR count). The second kappa shape index (κ2) is 6.16. The molecule has 2 aromatic rings. The molecule has 3 N–H and O–H groups in total. The lowest BCUT2D eigenvalue weighted by Crippen LogP contribution is -2.13. The fourth-order valence-electron chi connectivity index (χ4n) is 1.72. The molecule has 0 spiro atoms. The highest BCUT2D eigenvalue weighted by Gasteiger charge is 2.14. The molecule has 0 heterocycles. The van der Waals surface area contributed by atoms with E-state index in [2.05, 4.69) is 37.2 Å². The van der Waals surface area contributed by atoms with Gasteiger partial charge in [0.1, 0.15) is 0 Å². The molecule has 3 nitrogen and oxygen atoms in total. The Labute approximate surface area is 138 Å². The molecule has 0 aliphatic heterocycles. The number of anilines is 2. The number of carbonyl (C=O) groups is 1. The van der Waals surface area contributed by atoms with Gasteiger partial charge in [0.15, 0.2) is 0 Å². The van der Waals surface area contributed by atoms with Crippen LogP contribution in [0, 0.1) is 6.92 Å². The van der Waals surface area contributed by atoms with Crippen LogP contribution in [0.3, 0.4) is 0 Å². The van der Waals surface area contributed by atoms with Gasteiger partial charge in [0.2, 0.25) is 0 Å². The number of nitrogen functional groups attached to an aromatic ring is 1. The van der Waals surface area contributed by atoms with Crippen LogP contribution in [0.1, 0.15) is 15.9 Å². The number of halogens is 3. The summed E-state index contributed by atoms with van der Waals surface area (Å²) in [6, 6.07) is 8.64. The molecule has 0 radical (unpaired) electrons. The van der Waals surface area contributed by atoms with Crippen molar-refractivity contribution in [3.63, 3.8) is 0 Å². The number of amides is 1. The molecule has 0 unspecified atom stereocenters. The standard InChI is InChI=1S/C14H11Br2ClN2O/c1-7-4-10(15)13(11(16)5-7)19-14(20)9-6-8(18)2-3-12(9)17/h2-6H,18H2,1H3,(H,19,20). The molecule has 104 valence electrons. The quantitative estimate of drug-likeness (QED) is 0.674. The number of carbonyl (C=O) groups excluding carboxylic acids is 1. The van der Waals surface area contributed by atoms with Gasteiger partial charge in [0.25, 0.3) is 5.91 Å². The van der Waals surface area contributed by atoms with Crippen molar-refractivity contribution in [2.75, 3.05) is 11.1 Å². The number of hydrogen-bond acceptors (Lipinski definition) is 2. The number of benzene rings is 2. The van der Waals surface area contributed by atoms with Crippen LogP contribution < -0.4 is 11.1 Å². The second-order valence-electron chi connectivity index (χ2n) is 4.30. The maximum Gasteiger partial charge on any atom is 0.257 e. The zero-order valence-electron chi connectivity index (χ0n) is 10.5. The van der Waals surface area contributed by atoms with Crippen molar-refractivity contribution in [1.29, 1.82) is 0 Å². The van der Waals surface area contributed by atoms with Crippen molar-refractivity contribution in [2.24, 2.45) is 0 Å². The Morgan fingerprint density at radius 3 is 2.40 bits per heavy atom. The summed E-state index contributed by atoms with van der Waals surface area (Å²) in [6.07, 6.45) is 0. The Morgan fingerprint density at radius 2 is 1.80 bits per heavy atom. The molecule has 0 aromatic heterocycles. The van der Waals surface area contributed by atoms with Crippen LogP contribution in [0.4, 0.5) is 11.4 Å². The van der Waals surface area contributed by atoms with Crippen molar-refractivity contribution in [2.45, 2.75) is 6.92 Å². The van der Waals surface area contributed by atoms with E-state index in [-0.39, 0.29) is 5.91 Å². The number of aryl methyl sites for hydroxylation is 1. The van der Waals surface area contributed by atoms with Gasteiger partial charge in [-0.05, 0) is 74.7 Å². The van der Waals surface area contributed by atoms with Gasteiger partial charge in [-0.3, -0.25) is 4.79 Å². The van der Waals surface area contributed by atoms with Crippen LogP contribution in [0.25, 0.3) is 0 Å². The van der Waals surface area contributed by atoms with E-state index in [9.17, 15) is 4.79 Å². The van der Waals surface area contributed by atoms with Crippen molar-refractivity contribution >= 4 is 60.7 Å². The van der Waals surface area contributed by atoms with E-state index in [4.69, 9.17) is 17.3 Å². The summed E-state index contributed by atoms with van der Waals surface area (Å²) in [6.45, 7) is 1.97. The van der Waals surface area contributed by atoms with Crippen LogP contribution >= 0.6 is 43.5 Å². The van der Waals surface area contributed by atoms with Crippen LogP contribution in [0.2, 0.25) is 5.02 Å². The largest absolute Gasteiger partial charge is 0.399 e. The van der Waals surface area contributed by atoms with Crippen LogP contribution in [0.15, 0.2) is 39.3 Å². The van der Waals surface area contributed by atoms with Gasteiger partial charge in [0, 0.05) is 14.6 Å². The SMILES string of the molecule is Cc1cc(Br)c(NC(=O)c2cc(N)ccc2Cl)c(Br)c1. The smallest absolute Gasteiger partial charge is 0.257 e. The maximum atomic E-state index is 12.3. The second-order valence-corrected chi connectivity index (χ2v) is 6.41. The first-order chi connectivity index (χ1) is 9.38. The fourth-order valence-corrected chi connectivity index (χ4v) is 3.53. The molecule has 0 aliphatic carbocycles. The van der Waals surface area contributed by atoms with Gasteiger partial charge in [-0.25, -0.2) is 0 Å². The minimum Gasteiger partial charge on any atom is -0.399 e. The summed E-state index contributed by atoms with van der Waals surface area (Å²) in [5, 5.41) is 3.17. The summed E-state index contributed by atoms with van der Waals surface area (Å²) in [7, 11) is 0. The van der Waals surface area contributed by atoms with E-state index in [1.54, 1.807) is 18.2 Å². The first kappa shape index (κ1) is 15.4. The lowest BCUT2D eigenvalue weighted by atomic mass is 10.1. The first-order valence-electron chi connectivity index (χ1n) is 5.70. The van der Waals surface area contributed by atoms with E-state index in [1.807, 2.05) is 19.1 Å². The predicted molar refractivity (Wildman–Crippen MR) is 90.4 cm³/mol. The molecule has 0 aliphatic rings. The number of nitrogens with two attached hydrogens (primary N) is 1. The Balaban J connectivity index is 2.35. The summed E-state index contributed by atoms with van der Waals surface area (Å²) in [4.78, 5) is 12.3. The molecule has 6 heteroatoms. The van der Waals surface area contributed by atoms with Gasteiger partial charge < -0.3 is 11.1 Å². The topological polar surface area (TPSA) is 55.1 Å². The normalized spacial score (nSPS) is 10.4. The number of nitrogens with one attached hydrogen (secondary N) is 1. The van der Waals surface area contributed by atoms with Gasteiger partial charge in [0.05, 0.1) is 16.3 Å². The highest BCUT2D eigenvalue weighted by molar-refractivity contribution is 9.11. The molecule has 2 aromatic carbocycles.